The molecule has 0 saturated heterocycles. The molecule has 1 heterocycles. The molecule has 0 spiro atoms. The van der Waals surface area contributed by atoms with Gasteiger partial charge in [0, 0.05) is 18.7 Å². The maximum Gasteiger partial charge on any atom is 0.354 e. The molecule has 0 aliphatic heterocycles. The summed E-state index contributed by atoms with van der Waals surface area (Å²) in [5.41, 5.74) is 0.635. The van der Waals surface area contributed by atoms with Gasteiger partial charge < -0.3 is 15.2 Å². The van der Waals surface area contributed by atoms with Crippen LogP contribution in [0.3, 0.4) is 0 Å². The number of hydrogen-bond acceptors (Lipinski definition) is 5. The maximum absolute atomic E-state index is 11.0. The fourth-order valence-electron chi connectivity index (χ4n) is 1.58. The van der Waals surface area contributed by atoms with Crippen LogP contribution in [0.2, 0.25) is 0 Å². The lowest BCUT2D eigenvalue weighted by Crippen LogP contribution is -2.05. The van der Waals surface area contributed by atoms with Crippen LogP contribution in [-0.2, 0) is 0 Å². The Balaban J connectivity index is 2.53. The maximum atomic E-state index is 11.0. The van der Waals surface area contributed by atoms with Crippen molar-refractivity contribution < 1.29 is 14.6 Å². The summed E-state index contributed by atoms with van der Waals surface area (Å²) >= 11 is 0. The van der Waals surface area contributed by atoms with E-state index in [0.29, 0.717) is 23.0 Å². The van der Waals surface area contributed by atoms with Crippen molar-refractivity contribution in [2.75, 3.05) is 19.5 Å². The summed E-state index contributed by atoms with van der Waals surface area (Å²) in [7, 11) is 3.23. The third-order valence-corrected chi connectivity index (χ3v) is 2.53. The number of hydrogen-bond donors (Lipinski definition) is 2. The lowest BCUT2D eigenvalue weighted by atomic mass is 10.2. The summed E-state index contributed by atoms with van der Waals surface area (Å²) in [4.78, 5) is 19.3. The van der Waals surface area contributed by atoms with Crippen LogP contribution in [0.5, 0.6) is 5.75 Å². The predicted octanol–water partition coefficient (Wildman–Crippen LogP) is 1.89. The van der Waals surface area contributed by atoms with Crippen molar-refractivity contribution in [3.05, 3.63) is 36.0 Å². The molecule has 2 aromatic rings. The predicted molar refractivity (Wildman–Crippen MR) is 70.5 cm³/mol. The first-order chi connectivity index (χ1) is 9.13. The number of methoxy groups -OCH3 is 1. The van der Waals surface area contributed by atoms with E-state index in [0.717, 1.165) is 0 Å². The fraction of sp³-hybridized carbons (Fsp3) is 0.154. The normalized spacial score (nSPS) is 10.0. The van der Waals surface area contributed by atoms with E-state index in [1.807, 2.05) is 0 Å². The van der Waals surface area contributed by atoms with Gasteiger partial charge >= 0.3 is 5.97 Å². The number of carboxylic acids is 1. The van der Waals surface area contributed by atoms with Crippen molar-refractivity contribution in [2.24, 2.45) is 0 Å². The zero-order valence-corrected chi connectivity index (χ0v) is 10.5. The molecule has 6 nitrogen and oxygen atoms in total. The summed E-state index contributed by atoms with van der Waals surface area (Å²) in [5.74, 6) is 0.351. The molecule has 0 unspecified atom stereocenters. The minimum Gasteiger partial charge on any atom is -0.497 e. The number of nitrogens with one attached hydrogen (secondary N) is 1. The lowest BCUT2D eigenvalue weighted by Gasteiger charge is -2.07. The van der Waals surface area contributed by atoms with Gasteiger partial charge in [0.15, 0.2) is 11.5 Å². The summed E-state index contributed by atoms with van der Waals surface area (Å²) < 4.78 is 5.12. The van der Waals surface area contributed by atoms with Crippen molar-refractivity contribution in [1.82, 2.24) is 9.97 Å². The number of benzene rings is 1. The Labute approximate surface area is 110 Å². The summed E-state index contributed by atoms with van der Waals surface area (Å²) in [6, 6.07) is 8.52. The second-order valence-electron chi connectivity index (χ2n) is 3.75. The second-order valence-corrected chi connectivity index (χ2v) is 3.75. The van der Waals surface area contributed by atoms with Crippen molar-refractivity contribution in [3.63, 3.8) is 0 Å². The summed E-state index contributed by atoms with van der Waals surface area (Å²) in [6.07, 6.45) is 0. The molecule has 0 fully saturated rings. The van der Waals surface area contributed by atoms with Gasteiger partial charge in [-0.15, -0.1) is 0 Å². The molecule has 0 radical (unpaired) electrons. The monoisotopic (exact) mass is 259 g/mol. The summed E-state index contributed by atoms with van der Waals surface area (Å²) in [5, 5.41) is 11.8. The third-order valence-electron chi connectivity index (χ3n) is 2.53. The quantitative estimate of drug-likeness (QED) is 0.872. The van der Waals surface area contributed by atoms with Crippen molar-refractivity contribution in [3.8, 4) is 17.1 Å². The minimum atomic E-state index is -1.09. The molecule has 0 amide bonds. The Kier molecular flexibility index (Phi) is 3.61. The van der Waals surface area contributed by atoms with Crippen LogP contribution >= 0.6 is 0 Å². The fourth-order valence-corrected chi connectivity index (χ4v) is 1.58. The van der Waals surface area contributed by atoms with Crippen LogP contribution in [-0.4, -0.2) is 35.2 Å². The molecule has 0 bridgehead atoms. The number of ether oxygens (including phenoxy) is 1. The first-order valence-corrected chi connectivity index (χ1v) is 5.58. The Morgan fingerprint density at radius 2 is 2.11 bits per heavy atom. The van der Waals surface area contributed by atoms with Gasteiger partial charge in [0.25, 0.3) is 0 Å². The van der Waals surface area contributed by atoms with Gasteiger partial charge in [0.2, 0.25) is 0 Å². The number of nitrogens with zero attached hydrogens (tertiary/aromatic N) is 2. The van der Waals surface area contributed by atoms with Crippen molar-refractivity contribution in [1.29, 1.82) is 0 Å². The van der Waals surface area contributed by atoms with E-state index < -0.39 is 5.97 Å². The van der Waals surface area contributed by atoms with Gasteiger partial charge in [-0.2, -0.15) is 0 Å². The molecule has 2 N–H and O–H groups in total. The number of carbonyl (C=O) groups is 1. The average Bonchev–Trinajstić information content (AvgIpc) is 2.46. The molecule has 98 valence electrons. The van der Waals surface area contributed by atoms with Crippen LogP contribution in [0.1, 0.15) is 10.5 Å². The van der Waals surface area contributed by atoms with E-state index in [-0.39, 0.29) is 5.69 Å². The van der Waals surface area contributed by atoms with Crippen LogP contribution in [0.4, 0.5) is 5.82 Å². The Morgan fingerprint density at radius 3 is 2.74 bits per heavy atom. The van der Waals surface area contributed by atoms with Crippen molar-refractivity contribution >= 4 is 11.8 Å². The van der Waals surface area contributed by atoms with E-state index in [1.54, 1.807) is 38.4 Å². The standard InChI is InChI=1S/C13H13N3O3/c1-14-11-7-10(13(17)18)15-12(16-11)8-4-3-5-9(6-8)19-2/h3-7H,1-2H3,(H,17,18)(H,14,15,16). The zero-order chi connectivity index (χ0) is 13.8. The van der Waals surface area contributed by atoms with Gasteiger partial charge in [-0.25, -0.2) is 14.8 Å². The molecule has 0 atom stereocenters. The average molecular weight is 259 g/mol. The highest BCUT2D eigenvalue weighted by Crippen LogP contribution is 2.22. The van der Waals surface area contributed by atoms with Crippen LogP contribution in [0.25, 0.3) is 11.4 Å². The topological polar surface area (TPSA) is 84.3 Å². The Bertz CT molecular complexity index is 614. The first kappa shape index (κ1) is 12.8. The molecular weight excluding hydrogens is 246 g/mol. The molecule has 2 rings (SSSR count). The van der Waals surface area contributed by atoms with E-state index in [1.165, 1.54) is 6.07 Å². The molecule has 19 heavy (non-hydrogen) atoms. The largest absolute Gasteiger partial charge is 0.497 e. The van der Waals surface area contributed by atoms with Gasteiger partial charge in [-0.1, -0.05) is 12.1 Å². The highest BCUT2D eigenvalue weighted by atomic mass is 16.5. The van der Waals surface area contributed by atoms with Gasteiger partial charge in [0.05, 0.1) is 7.11 Å². The van der Waals surface area contributed by atoms with E-state index >= 15 is 0 Å². The molecule has 0 saturated carbocycles. The minimum absolute atomic E-state index is 0.0582. The third kappa shape index (κ3) is 2.79. The van der Waals surface area contributed by atoms with Crippen LogP contribution < -0.4 is 10.1 Å². The lowest BCUT2D eigenvalue weighted by molar-refractivity contribution is 0.0690. The summed E-state index contributed by atoms with van der Waals surface area (Å²) in [6.45, 7) is 0. The molecule has 1 aromatic heterocycles. The van der Waals surface area contributed by atoms with Gasteiger partial charge in [-0.3, -0.25) is 0 Å². The number of aromatic nitrogens is 2. The molecule has 0 aliphatic rings. The van der Waals surface area contributed by atoms with Crippen LogP contribution in [0.15, 0.2) is 30.3 Å². The second kappa shape index (κ2) is 5.34. The first-order valence-electron chi connectivity index (χ1n) is 5.58. The molecule has 1 aromatic carbocycles. The van der Waals surface area contributed by atoms with Gasteiger partial charge in [0.1, 0.15) is 11.6 Å². The van der Waals surface area contributed by atoms with E-state index in [9.17, 15) is 4.79 Å². The van der Waals surface area contributed by atoms with Gasteiger partial charge in [-0.05, 0) is 12.1 Å². The number of rotatable bonds is 4. The van der Waals surface area contributed by atoms with Crippen LogP contribution in [0, 0.1) is 0 Å². The molecule has 6 heteroatoms. The molecular formula is C13H13N3O3. The highest BCUT2D eigenvalue weighted by molar-refractivity contribution is 5.87. The zero-order valence-electron chi connectivity index (χ0n) is 10.5. The SMILES string of the molecule is CNc1cc(C(=O)O)nc(-c2cccc(OC)c2)n1. The Hall–Kier alpha value is -2.63. The van der Waals surface area contributed by atoms with E-state index in [2.05, 4.69) is 15.3 Å². The smallest absolute Gasteiger partial charge is 0.354 e. The molecule has 0 aliphatic carbocycles. The Morgan fingerprint density at radius 1 is 1.32 bits per heavy atom. The number of anilines is 1. The van der Waals surface area contributed by atoms with Crippen molar-refractivity contribution in [2.45, 2.75) is 0 Å². The number of carboxylic acid groups (broad SMARTS) is 1. The number of aromatic carboxylic acids is 1. The van der Waals surface area contributed by atoms with E-state index in [4.69, 9.17) is 9.84 Å². The highest BCUT2D eigenvalue weighted by Gasteiger charge is 2.11.